The van der Waals surface area contributed by atoms with E-state index >= 15 is 0 Å². The van der Waals surface area contributed by atoms with Gasteiger partial charge in [-0.3, -0.25) is 9.59 Å². The van der Waals surface area contributed by atoms with Crippen molar-refractivity contribution in [2.75, 3.05) is 6.61 Å². The molecule has 0 spiro atoms. The van der Waals surface area contributed by atoms with Gasteiger partial charge < -0.3 is 9.84 Å². The molecule has 17 heavy (non-hydrogen) atoms. The summed E-state index contributed by atoms with van der Waals surface area (Å²) in [6.07, 6.45) is -0.0291. The number of rotatable bonds is 7. The molecule has 0 aliphatic rings. The van der Waals surface area contributed by atoms with Gasteiger partial charge in [-0.25, -0.2) is 0 Å². The Balaban J connectivity index is 4.04. The average Bonchev–Trinajstić information content (AvgIpc) is 2.10. The van der Waals surface area contributed by atoms with E-state index in [0.717, 1.165) is 6.04 Å². The number of hydrogen-bond acceptors (Lipinski definition) is 3. The topological polar surface area (TPSA) is 63.6 Å². The smallest absolute Gasteiger partial charge is 0.307 e. The van der Waals surface area contributed by atoms with E-state index in [2.05, 4.69) is 19.6 Å². The highest BCUT2D eigenvalue weighted by atomic mass is 28.3. The first-order chi connectivity index (χ1) is 7.63. The zero-order chi connectivity index (χ0) is 13.6. The molecular formula is C12H24O4Si. The highest BCUT2D eigenvalue weighted by molar-refractivity contribution is 6.76. The third kappa shape index (κ3) is 7.96. The lowest BCUT2D eigenvalue weighted by molar-refractivity contribution is -0.152. The summed E-state index contributed by atoms with van der Waals surface area (Å²) in [6.45, 7) is 10.6. The number of hydrogen-bond donors (Lipinski definition) is 1. The van der Waals surface area contributed by atoms with Crippen LogP contribution in [-0.4, -0.2) is 31.7 Å². The quantitative estimate of drug-likeness (QED) is 0.564. The van der Waals surface area contributed by atoms with Crippen LogP contribution < -0.4 is 0 Å². The number of carboxylic acids is 1. The Labute approximate surface area is 104 Å². The predicted molar refractivity (Wildman–Crippen MR) is 69.7 cm³/mol. The third-order valence-corrected chi connectivity index (χ3v) is 4.33. The van der Waals surface area contributed by atoms with Crippen LogP contribution in [0.25, 0.3) is 0 Å². The molecule has 4 nitrogen and oxygen atoms in total. The number of carbonyl (C=O) groups excluding carboxylic acids is 1. The molecule has 0 unspecified atom stereocenters. The van der Waals surface area contributed by atoms with Crippen LogP contribution in [-0.2, 0) is 14.3 Å². The number of aliphatic carboxylic acids is 1. The van der Waals surface area contributed by atoms with E-state index in [0.29, 0.717) is 6.61 Å². The van der Waals surface area contributed by atoms with Gasteiger partial charge in [0.15, 0.2) is 0 Å². The first kappa shape index (κ1) is 16.2. The predicted octanol–water partition coefficient (Wildman–Crippen LogP) is 2.61. The second kappa shape index (κ2) is 6.79. The van der Waals surface area contributed by atoms with Gasteiger partial charge in [-0.05, 0) is 12.0 Å². The molecule has 0 bridgehead atoms. The highest BCUT2D eigenvalue weighted by Gasteiger charge is 2.25. The first-order valence-corrected chi connectivity index (χ1v) is 9.72. The van der Waals surface area contributed by atoms with Crippen LogP contribution in [0.15, 0.2) is 0 Å². The van der Waals surface area contributed by atoms with Crippen molar-refractivity contribution in [1.29, 1.82) is 0 Å². The fourth-order valence-electron chi connectivity index (χ4n) is 1.32. The zero-order valence-corrected chi connectivity index (χ0v) is 12.4. The van der Waals surface area contributed by atoms with Crippen molar-refractivity contribution in [2.45, 2.75) is 46.0 Å². The summed E-state index contributed by atoms with van der Waals surface area (Å²) in [5.74, 6) is -2.03. The summed E-state index contributed by atoms with van der Waals surface area (Å²) in [5, 5.41) is 8.95. The summed E-state index contributed by atoms with van der Waals surface area (Å²) in [7, 11) is -1.20. The first-order valence-electron chi connectivity index (χ1n) is 6.02. The molecule has 1 N–H and O–H groups in total. The molecule has 1 atom stereocenters. The second-order valence-electron chi connectivity index (χ2n) is 5.92. The second-order valence-corrected chi connectivity index (χ2v) is 11.5. The van der Waals surface area contributed by atoms with Crippen LogP contribution in [0.3, 0.4) is 0 Å². The van der Waals surface area contributed by atoms with E-state index < -0.39 is 25.9 Å². The summed E-state index contributed by atoms with van der Waals surface area (Å²) in [6, 6.07) is 0.915. The van der Waals surface area contributed by atoms with Crippen molar-refractivity contribution in [2.24, 2.45) is 11.8 Å². The van der Waals surface area contributed by atoms with Crippen molar-refractivity contribution < 1.29 is 19.4 Å². The Hall–Kier alpha value is -0.843. The SMILES string of the molecule is CC(C)[C@@H](CC(=O)OCC[Si](C)(C)C)C(=O)O. The third-order valence-electron chi connectivity index (χ3n) is 2.62. The van der Waals surface area contributed by atoms with Crippen LogP contribution in [0.4, 0.5) is 0 Å². The number of ether oxygens (including phenoxy) is 1. The minimum atomic E-state index is -1.20. The van der Waals surface area contributed by atoms with Gasteiger partial charge in [0, 0.05) is 8.07 Å². The van der Waals surface area contributed by atoms with Crippen LogP contribution in [0, 0.1) is 11.8 Å². The zero-order valence-electron chi connectivity index (χ0n) is 11.4. The minimum Gasteiger partial charge on any atom is -0.481 e. The molecule has 0 aromatic rings. The normalized spacial score (nSPS) is 13.5. The molecule has 5 heteroatoms. The number of carboxylic acid groups (broad SMARTS) is 1. The monoisotopic (exact) mass is 260 g/mol. The van der Waals surface area contributed by atoms with Gasteiger partial charge in [-0.1, -0.05) is 33.5 Å². The van der Waals surface area contributed by atoms with Gasteiger partial charge in [-0.2, -0.15) is 0 Å². The number of esters is 1. The highest BCUT2D eigenvalue weighted by Crippen LogP contribution is 2.16. The van der Waals surface area contributed by atoms with E-state index in [1.54, 1.807) is 13.8 Å². The van der Waals surface area contributed by atoms with Gasteiger partial charge in [0.1, 0.15) is 0 Å². The summed E-state index contributed by atoms with van der Waals surface area (Å²) < 4.78 is 5.08. The van der Waals surface area contributed by atoms with Gasteiger partial charge >= 0.3 is 11.9 Å². The Bertz CT molecular complexity index is 268. The van der Waals surface area contributed by atoms with E-state index in [1.807, 2.05) is 0 Å². The van der Waals surface area contributed by atoms with Crippen molar-refractivity contribution in [3.05, 3.63) is 0 Å². The lowest BCUT2D eigenvalue weighted by Gasteiger charge is -2.17. The van der Waals surface area contributed by atoms with Crippen LogP contribution in [0.5, 0.6) is 0 Å². The van der Waals surface area contributed by atoms with Crippen molar-refractivity contribution in [1.82, 2.24) is 0 Å². The molecule has 0 aromatic carbocycles. The Morgan fingerprint density at radius 3 is 2.12 bits per heavy atom. The average molecular weight is 260 g/mol. The molecule has 0 saturated heterocycles. The van der Waals surface area contributed by atoms with Crippen LogP contribution >= 0.6 is 0 Å². The van der Waals surface area contributed by atoms with E-state index in [9.17, 15) is 9.59 Å². The molecule has 0 radical (unpaired) electrons. The summed E-state index contributed by atoms with van der Waals surface area (Å²) >= 11 is 0. The van der Waals surface area contributed by atoms with Crippen molar-refractivity contribution in [3.63, 3.8) is 0 Å². The number of carbonyl (C=O) groups is 2. The lowest BCUT2D eigenvalue weighted by Crippen LogP contribution is -2.26. The largest absolute Gasteiger partial charge is 0.481 e. The summed E-state index contributed by atoms with van der Waals surface area (Å²) in [4.78, 5) is 22.4. The van der Waals surface area contributed by atoms with E-state index in [4.69, 9.17) is 9.84 Å². The Kier molecular flexibility index (Phi) is 6.45. The molecule has 0 aromatic heterocycles. The standard InChI is InChI=1S/C12H24O4Si/c1-9(2)10(12(14)15)8-11(13)16-6-7-17(3,4)5/h9-10H,6-8H2,1-5H3,(H,14,15)/t10-/m1/s1. The van der Waals surface area contributed by atoms with Gasteiger partial charge in [0.2, 0.25) is 0 Å². The Morgan fingerprint density at radius 2 is 1.76 bits per heavy atom. The molecular weight excluding hydrogens is 236 g/mol. The van der Waals surface area contributed by atoms with Crippen LogP contribution in [0.1, 0.15) is 20.3 Å². The fourth-order valence-corrected chi connectivity index (χ4v) is 2.03. The van der Waals surface area contributed by atoms with E-state index in [1.165, 1.54) is 0 Å². The molecule has 0 aliphatic heterocycles. The van der Waals surface area contributed by atoms with Gasteiger partial charge in [-0.15, -0.1) is 0 Å². The Morgan fingerprint density at radius 1 is 1.24 bits per heavy atom. The molecule has 100 valence electrons. The maximum atomic E-state index is 11.5. The molecule has 0 fully saturated rings. The molecule has 0 saturated carbocycles. The lowest BCUT2D eigenvalue weighted by atomic mass is 9.93. The van der Waals surface area contributed by atoms with Gasteiger partial charge in [0.25, 0.3) is 0 Å². The maximum absolute atomic E-state index is 11.5. The molecule has 0 amide bonds. The van der Waals surface area contributed by atoms with Crippen LogP contribution in [0.2, 0.25) is 25.7 Å². The fraction of sp³-hybridized carbons (Fsp3) is 0.833. The van der Waals surface area contributed by atoms with E-state index in [-0.39, 0.29) is 12.3 Å². The molecule has 0 heterocycles. The molecule has 0 aliphatic carbocycles. The van der Waals surface area contributed by atoms with Gasteiger partial charge in [0.05, 0.1) is 18.9 Å². The molecule has 0 rings (SSSR count). The maximum Gasteiger partial charge on any atom is 0.307 e. The van der Waals surface area contributed by atoms with Crippen molar-refractivity contribution >= 4 is 20.0 Å². The minimum absolute atomic E-state index is 0.0291. The summed E-state index contributed by atoms with van der Waals surface area (Å²) in [5.41, 5.74) is 0. The van der Waals surface area contributed by atoms with Crippen molar-refractivity contribution in [3.8, 4) is 0 Å².